The third-order valence-electron chi connectivity index (χ3n) is 3.64. The van der Waals surface area contributed by atoms with E-state index in [1.807, 2.05) is 31.2 Å². The number of carboxylic acids is 1. The summed E-state index contributed by atoms with van der Waals surface area (Å²) < 4.78 is 5.96. The van der Waals surface area contributed by atoms with Gasteiger partial charge in [-0.05, 0) is 37.8 Å². The average molecular weight is 248 g/mol. The monoisotopic (exact) mass is 248 g/mol. The van der Waals surface area contributed by atoms with Gasteiger partial charge in [-0.3, -0.25) is 4.79 Å². The number of carboxylic acid groups (broad SMARTS) is 1. The van der Waals surface area contributed by atoms with Gasteiger partial charge in [0.2, 0.25) is 0 Å². The lowest BCUT2D eigenvalue weighted by Gasteiger charge is -2.23. The van der Waals surface area contributed by atoms with Gasteiger partial charge in [-0.1, -0.05) is 31.0 Å². The van der Waals surface area contributed by atoms with Crippen LogP contribution in [0.3, 0.4) is 0 Å². The number of benzene rings is 1. The molecule has 1 saturated carbocycles. The molecule has 2 atom stereocenters. The van der Waals surface area contributed by atoms with Crippen molar-refractivity contribution in [1.82, 2.24) is 0 Å². The van der Waals surface area contributed by atoms with Crippen molar-refractivity contribution in [3.63, 3.8) is 0 Å². The quantitative estimate of drug-likeness (QED) is 0.834. The molecule has 18 heavy (non-hydrogen) atoms. The van der Waals surface area contributed by atoms with E-state index in [4.69, 9.17) is 4.74 Å². The normalized spacial score (nSPS) is 24.3. The van der Waals surface area contributed by atoms with Crippen LogP contribution in [0.5, 0.6) is 5.75 Å². The molecule has 2 unspecified atom stereocenters. The molecular weight excluding hydrogens is 228 g/mol. The van der Waals surface area contributed by atoms with E-state index in [2.05, 4.69) is 0 Å². The molecule has 0 spiro atoms. The van der Waals surface area contributed by atoms with Gasteiger partial charge < -0.3 is 9.84 Å². The van der Waals surface area contributed by atoms with Crippen molar-refractivity contribution in [3.8, 4) is 5.75 Å². The zero-order valence-corrected chi connectivity index (χ0v) is 10.8. The minimum Gasteiger partial charge on any atom is -0.489 e. The number of para-hydroxylation sites is 1. The maximum absolute atomic E-state index is 11.3. The second-order valence-corrected chi connectivity index (χ2v) is 5.00. The van der Waals surface area contributed by atoms with Crippen molar-refractivity contribution in [2.24, 2.45) is 5.92 Å². The van der Waals surface area contributed by atoms with E-state index in [0.717, 1.165) is 43.4 Å². The van der Waals surface area contributed by atoms with Crippen LogP contribution in [0.15, 0.2) is 24.3 Å². The molecular formula is C15H20O3. The summed E-state index contributed by atoms with van der Waals surface area (Å²) in [6, 6.07) is 7.79. The molecule has 0 amide bonds. The highest BCUT2D eigenvalue weighted by molar-refractivity contribution is 5.70. The third kappa shape index (κ3) is 3.03. The first-order valence-electron chi connectivity index (χ1n) is 6.63. The lowest BCUT2D eigenvalue weighted by Crippen LogP contribution is -2.32. The van der Waals surface area contributed by atoms with Gasteiger partial charge >= 0.3 is 5.97 Å². The van der Waals surface area contributed by atoms with Gasteiger partial charge in [-0.2, -0.15) is 0 Å². The summed E-state index contributed by atoms with van der Waals surface area (Å²) in [4.78, 5) is 11.3. The molecule has 3 heteroatoms. The molecule has 1 N–H and O–H groups in total. The van der Waals surface area contributed by atoms with E-state index < -0.39 is 5.97 Å². The first kappa shape index (κ1) is 12.9. The number of rotatable bonds is 3. The average Bonchev–Trinajstić information content (AvgIpc) is 2.57. The van der Waals surface area contributed by atoms with Crippen LogP contribution in [0.1, 0.15) is 37.7 Å². The Labute approximate surface area is 108 Å². The Balaban J connectivity index is 2.14. The van der Waals surface area contributed by atoms with Crippen LogP contribution in [0.4, 0.5) is 0 Å². The van der Waals surface area contributed by atoms with Gasteiger partial charge in [0.15, 0.2) is 0 Å². The lowest BCUT2D eigenvalue weighted by atomic mass is 9.97. The number of hydrogen-bond donors (Lipinski definition) is 1. The molecule has 3 nitrogen and oxygen atoms in total. The number of carbonyl (C=O) groups is 1. The largest absolute Gasteiger partial charge is 0.489 e. The second-order valence-electron chi connectivity index (χ2n) is 5.00. The lowest BCUT2D eigenvalue weighted by molar-refractivity contribution is -0.145. The Bertz CT molecular complexity index is 414. The van der Waals surface area contributed by atoms with E-state index in [-0.39, 0.29) is 12.0 Å². The maximum atomic E-state index is 11.3. The highest BCUT2D eigenvalue weighted by atomic mass is 16.5. The van der Waals surface area contributed by atoms with Crippen molar-refractivity contribution >= 4 is 5.97 Å². The van der Waals surface area contributed by atoms with E-state index in [9.17, 15) is 9.90 Å². The molecule has 0 heterocycles. The molecule has 1 fully saturated rings. The summed E-state index contributed by atoms with van der Waals surface area (Å²) in [5.74, 6) is -0.279. The van der Waals surface area contributed by atoms with Gasteiger partial charge in [-0.15, -0.1) is 0 Å². The molecule has 1 aromatic carbocycles. The predicted molar refractivity (Wildman–Crippen MR) is 69.8 cm³/mol. The van der Waals surface area contributed by atoms with Gasteiger partial charge in [0.1, 0.15) is 11.9 Å². The molecule has 0 aromatic heterocycles. The minimum atomic E-state index is -0.726. The fourth-order valence-electron chi connectivity index (χ4n) is 2.55. The van der Waals surface area contributed by atoms with Gasteiger partial charge in [0.25, 0.3) is 0 Å². The highest BCUT2D eigenvalue weighted by Gasteiger charge is 2.31. The van der Waals surface area contributed by atoms with E-state index in [0.29, 0.717) is 0 Å². The zero-order chi connectivity index (χ0) is 13.0. The van der Waals surface area contributed by atoms with Crippen molar-refractivity contribution in [1.29, 1.82) is 0 Å². The predicted octanol–water partition coefficient (Wildman–Crippen LogP) is 3.41. The fourth-order valence-corrected chi connectivity index (χ4v) is 2.55. The molecule has 1 aliphatic rings. The van der Waals surface area contributed by atoms with Crippen LogP contribution in [-0.2, 0) is 4.79 Å². The molecule has 98 valence electrons. The van der Waals surface area contributed by atoms with E-state index in [1.165, 1.54) is 0 Å². The van der Waals surface area contributed by atoms with Crippen LogP contribution in [0.25, 0.3) is 0 Å². The first-order chi connectivity index (χ1) is 8.68. The third-order valence-corrected chi connectivity index (χ3v) is 3.64. The molecule has 0 aliphatic heterocycles. The van der Waals surface area contributed by atoms with Crippen LogP contribution in [-0.4, -0.2) is 17.2 Å². The summed E-state index contributed by atoms with van der Waals surface area (Å²) in [6.45, 7) is 1.99. The first-order valence-corrected chi connectivity index (χ1v) is 6.63. The van der Waals surface area contributed by atoms with Crippen molar-refractivity contribution in [2.75, 3.05) is 0 Å². The van der Waals surface area contributed by atoms with Crippen LogP contribution in [0.2, 0.25) is 0 Å². The summed E-state index contributed by atoms with van der Waals surface area (Å²) in [5.41, 5.74) is 1.06. The van der Waals surface area contributed by atoms with Gasteiger partial charge in [0.05, 0.1) is 5.92 Å². The van der Waals surface area contributed by atoms with E-state index in [1.54, 1.807) is 0 Å². The summed E-state index contributed by atoms with van der Waals surface area (Å²) >= 11 is 0. The number of aryl methyl sites for hydroxylation is 1. The smallest absolute Gasteiger partial charge is 0.310 e. The molecule has 0 radical (unpaired) electrons. The highest BCUT2D eigenvalue weighted by Crippen LogP contribution is 2.29. The number of hydrogen-bond acceptors (Lipinski definition) is 2. The molecule has 1 aromatic rings. The second kappa shape index (κ2) is 5.89. The van der Waals surface area contributed by atoms with E-state index >= 15 is 0 Å². The van der Waals surface area contributed by atoms with Crippen molar-refractivity contribution < 1.29 is 14.6 Å². The SMILES string of the molecule is Cc1ccccc1OC1CCCCCC1C(=O)O. The zero-order valence-electron chi connectivity index (χ0n) is 10.8. The summed E-state index contributed by atoms with van der Waals surface area (Å²) in [5, 5.41) is 9.30. The number of ether oxygens (including phenoxy) is 1. The van der Waals surface area contributed by atoms with Crippen molar-refractivity contribution in [2.45, 2.75) is 45.1 Å². The molecule has 2 rings (SSSR count). The Kier molecular flexibility index (Phi) is 4.24. The van der Waals surface area contributed by atoms with Crippen LogP contribution >= 0.6 is 0 Å². The molecule has 0 saturated heterocycles. The minimum absolute atomic E-state index is 0.189. The van der Waals surface area contributed by atoms with Crippen LogP contribution in [0, 0.1) is 12.8 Å². The standard InChI is InChI=1S/C15H20O3/c1-11-7-5-6-9-13(11)18-14-10-4-2-3-8-12(14)15(16)17/h5-7,9,12,14H,2-4,8,10H2,1H3,(H,16,17). The Morgan fingerprint density at radius 1 is 1.22 bits per heavy atom. The van der Waals surface area contributed by atoms with Crippen LogP contribution < -0.4 is 4.74 Å². The fraction of sp³-hybridized carbons (Fsp3) is 0.533. The Morgan fingerprint density at radius 3 is 2.67 bits per heavy atom. The number of aliphatic carboxylic acids is 1. The summed E-state index contributed by atoms with van der Waals surface area (Å²) in [6.07, 6.45) is 4.53. The Hall–Kier alpha value is -1.51. The Morgan fingerprint density at radius 2 is 1.94 bits per heavy atom. The van der Waals surface area contributed by atoms with Gasteiger partial charge in [-0.25, -0.2) is 0 Å². The maximum Gasteiger partial charge on any atom is 0.310 e. The van der Waals surface area contributed by atoms with Crippen molar-refractivity contribution in [3.05, 3.63) is 29.8 Å². The summed E-state index contributed by atoms with van der Waals surface area (Å²) in [7, 11) is 0. The molecule has 1 aliphatic carbocycles. The van der Waals surface area contributed by atoms with Gasteiger partial charge in [0, 0.05) is 0 Å². The topological polar surface area (TPSA) is 46.5 Å². The molecule has 0 bridgehead atoms.